The Morgan fingerprint density at radius 2 is 1.79 bits per heavy atom. The molecule has 1 aliphatic carbocycles. The summed E-state index contributed by atoms with van der Waals surface area (Å²) < 4.78 is 0. The predicted molar refractivity (Wildman–Crippen MR) is 96.6 cm³/mol. The smallest absolute Gasteiger partial charge is 0.227 e. The molecular weight excluding hydrogens is 302 g/mol. The Morgan fingerprint density at radius 3 is 2.42 bits per heavy atom. The summed E-state index contributed by atoms with van der Waals surface area (Å²) in [6, 6.07) is 9.54. The van der Waals surface area contributed by atoms with Crippen molar-refractivity contribution < 1.29 is 4.79 Å². The summed E-state index contributed by atoms with van der Waals surface area (Å²) in [7, 11) is 0. The molecule has 0 spiro atoms. The average Bonchev–Trinajstić information content (AvgIpc) is 2.47. The highest BCUT2D eigenvalue weighted by molar-refractivity contribution is 5.93. The van der Waals surface area contributed by atoms with Crippen LogP contribution in [0.2, 0.25) is 0 Å². The van der Waals surface area contributed by atoms with Crippen molar-refractivity contribution in [3.63, 3.8) is 0 Å². The highest BCUT2D eigenvalue weighted by Gasteiger charge is 2.24. The summed E-state index contributed by atoms with van der Waals surface area (Å²) in [5.74, 6) is 2.57. The lowest BCUT2D eigenvalue weighted by molar-refractivity contribution is -0.122. The molecule has 3 N–H and O–H groups in total. The number of carbonyl (C=O) groups is 1. The first-order valence-electron chi connectivity index (χ1n) is 8.41. The van der Waals surface area contributed by atoms with E-state index in [4.69, 9.17) is 0 Å². The standard InChI is InChI=1S/C18H23N5O/c1-3-19-16-11-17(21-12(2)20-16)22-14-7-9-15(10-8-14)23-18(24)13-5-4-6-13/h7-11,13H,3-6H2,1-2H3,(H,23,24)(H2,19,20,21,22). The Labute approximate surface area is 142 Å². The van der Waals surface area contributed by atoms with Gasteiger partial charge in [0.05, 0.1) is 0 Å². The Morgan fingerprint density at radius 1 is 1.12 bits per heavy atom. The van der Waals surface area contributed by atoms with Gasteiger partial charge in [-0.3, -0.25) is 4.79 Å². The Balaban J connectivity index is 1.64. The second-order valence-electron chi connectivity index (χ2n) is 6.04. The van der Waals surface area contributed by atoms with E-state index in [-0.39, 0.29) is 11.8 Å². The molecule has 1 fully saturated rings. The molecule has 24 heavy (non-hydrogen) atoms. The first kappa shape index (κ1) is 16.2. The van der Waals surface area contributed by atoms with Crippen molar-refractivity contribution in [1.29, 1.82) is 0 Å². The zero-order valence-electron chi connectivity index (χ0n) is 14.1. The molecule has 1 saturated carbocycles. The molecule has 1 aliphatic rings. The molecule has 1 amide bonds. The number of aryl methyl sites for hydroxylation is 1. The maximum Gasteiger partial charge on any atom is 0.227 e. The van der Waals surface area contributed by atoms with E-state index in [0.29, 0.717) is 5.82 Å². The van der Waals surface area contributed by atoms with Gasteiger partial charge in [-0.05, 0) is 51.0 Å². The zero-order valence-corrected chi connectivity index (χ0v) is 14.1. The van der Waals surface area contributed by atoms with Gasteiger partial charge in [0.15, 0.2) is 0 Å². The molecule has 1 heterocycles. The van der Waals surface area contributed by atoms with Crippen molar-refractivity contribution in [2.24, 2.45) is 5.92 Å². The minimum absolute atomic E-state index is 0.128. The van der Waals surface area contributed by atoms with Crippen LogP contribution < -0.4 is 16.0 Å². The van der Waals surface area contributed by atoms with Gasteiger partial charge in [-0.1, -0.05) is 6.42 Å². The van der Waals surface area contributed by atoms with Gasteiger partial charge in [0.1, 0.15) is 17.5 Å². The predicted octanol–water partition coefficient (Wildman–Crippen LogP) is 3.70. The molecule has 0 atom stereocenters. The number of carbonyl (C=O) groups excluding carboxylic acids is 1. The summed E-state index contributed by atoms with van der Waals surface area (Å²) >= 11 is 0. The maximum absolute atomic E-state index is 12.0. The fourth-order valence-electron chi connectivity index (χ4n) is 2.60. The third kappa shape index (κ3) is 4.01. The minimum atomic E-state index is 0.128. The van der Waals surface area contributed by atoms with Gasteiger partial charge in [0, 0.05) is 29.9 Å². The molecule has 0 aliphatic heterocycles. The maximum atomic E-state index is 12.0. The molecule has 1 aromatic carbocycles. The molecule has 0 radical (unpaired) electrons. The lowest BCUT2D eigenvalue weighted by Crippen LogP contribution is -2.27. The summed E-state index contributed by atoms with van der Waals surface area (Å²) in [6.45, 7) is 4.71. The van der Waals surface area contributed by atoms with Crippen LogP contribution in [-0.2, 0) is 4.79 Å². The number of aromatic nitrogens is 2. The fourth-order valence-corrected chi connectivity index (χ4v) is 2.60. The summed E-state index contributed by atoms with van der Waals surface area (Å²) in [5.41, 5.74) is 1.74. The van der Waals surface area contributed by atoms with Crippen molar-refractivity contribution in [2.45, 2.75) is 33.1 Å². The second kappa shape index (κ2) is 7.29. The lowest BCUT2D eigenvalue weighted by Gasteiger charge is -2.24. The number of hydrogen-bond acceptors (Lipinski definition) is 5. The van der Waals surface area contributed by atoms with Crippen LogP contribution in [0.15, 0.2) is 30.3 Å². The topological polar surface area (TPSA) is 78.9 Å². The van der Waals surface area contributed by atoms with Crippen LogP contribution in [0, 0.1) is 12.8 Å². The molecule has 3 rings (SSSR count). The third-order valence-corrected chi connectivity index (χ3v) is 4.10. The van der Waals surface area contributed by atoms with Crippen LogP contribution in [0.3, 0.4) is 0 Å². The molecule has 126 valence electrons. The van der Waals surface area contributed by atoms with E-state index in [1.807, 2.05) is 44.2 Å². The van der Waals surface area contributed by atoms with E-state index < -0.39 is 0 Å². The highest BCUT2D eigenvalue weighted by atomic mass is 16.1. The Hall–Kier alpha value is -2.63. The summed E-state index contributed by atoms with van der Waals surface area (Å²) in [5, 5.41) is 9.42. The molecule has 0 saturated heterocycles. The molecule has 2 aromatic rings. The largest absolute Gasteiger partial charge is 0.370 e. The van der Waals surface area contributed by atoms with Gasteiger partial charge in [0.25, 0.3) is 0 Å². The monoisotopic (exact) mass is 325 g/mol. The number of anilines is 4. The first-order valence-corrected chi connectivity index (χ1v) is 8.41. The van der Waals surface area contributed by atoms with Gasteiger partial charge in [-0.25, -0.2) is 9.97 Å². The number of hydrogen-bond donors (Lipinski definition) is 3. The van der Waals surface area contributed by atoms with Crippen molar-refractivity contribution >= 4 is 28.9 Å². The van der Waals surface area contributed by atoms with Gasteiger partial charge in [0.2, 0.25) is 5.91 Å². The molecular formula is C18H23N5O. The quantitative estimate of drug-likeness (QED) is 0.755. The minimum Gasteiger partial charge on any atom is -0.370 e. The van der Waals surface area contributed by atoms with Gasteiger partial charge in [-0.15, -0.1) is 0 Å². The van der Waals surface area contributed by atoms with E-state index in [1.165, 1.54) is 0 Å². The zero-order chi connectivity index (χ0) is 16.9. The number of rotatable bonds is 6. The normalized spacial score (nSPS) is 13.9. The van der Waals surface area contributed by atoms with E-state index in [2.05, 4.69) is 25.9 Å². The second-order valence-corrected chi connectivity index (χ2v) is 6.04. The van der Waals surface area contributed by atoms with Crippen molar-refractivity contribution in [2.75, 3.05) is 22.5 Å². The summed E-state index contributed by atoms with van der Waals surface area (Å²) in [4.78, 5) is 20.7. The van der Waals surface area contributed by atoms with E-state index in [9.17, 15) is 4.79 Å². The van der Waals surface area contributed by atoms with Crippen molar-refractivity contribution in [3.05, 3.63) is 36.2 Å². The number of nitrogens with zero attached hydrogens (tertiary/aromatic N) is 2. The van der Waals surface area contributed by atoms with E-state index in [1.54, 1.807) is 0 Å². The van der Waals surface area contributed by atoms with Gasteiger partial charge in [-0.2, -0.15) is 0 Å². The van der Waals surface area contributed by atoms with Crippen LogP contribution in [0.5, 0.6) is 0 Å². The number of amides is 1. The first-order chi connectivity index (χ1) is 11.6. The Kier molecular flexibility index (Phi) is 4.93. The number of nitrogens with one attached hydrogen (secondary N) is 3. The third-order valence-electron chi connectivity index (χ3n) is 4.10. The Bertz CT molecular complexity index is 710. The molecule has 6 nitrogen and oxygen atoms in total. The molecule has 6 heteroatoms. The van der Waals surface area contributed by atoms with Crippen LogP contribution in [0.4, 0.5) is 23.0 Å². The van der Waals surface area contributed by atoms with Crippen LogP contribution >= 0.6 is 0 Å². The average molecular weight is 325 g/mol. The lowest BCUT2D eigenvalue weighted by atomic mass is 9.85. The van der Waals surface area contributed by atoms with Crippen LogP contribution in [0.1, 0.15) is 32.0 Å². The highest BCUT2D eigenvalue weighted by Crippen LogP contribution is 2.28. The SMILES string of the molecule is CCNc1cc(Nc2ccc(NC(=O)C3CCC3)cc2)nc(C)n1. The van der Waals surface area contributed by atoms with Gasteiger partial charge < -0.3 is 16.0 Å². The molecule has 0 bridgehead atoms. The number of benzene rings is 1. The van der Waals surface area contributed by atoms with Crippen molar-refractivity contribution in [3.8, 4) is 0 Å². The van der Waals surface area contributed by atoms with Crippen LogP contribution in [-0.4, -0.2) is 22.4 Å². The molecule has 1 aromatic heterocycles. The van der Waals surface area contributed by atoms with Crippen LogP contribution in [0.25, 0.3) is 0 Å². The fraction of sp³-hybridized carbons (Fsp3) is 0.389. The van der Waals surface area contributed by atoms with Crippen molar-refractivity contribution in [1.82, 2.24) is 9.97 Å². The van der Waals surface area contributed by atoms with E-state index in [0.717, 1.165) is 48.8 Å². The van der Waals surface area contributed by atoms with E-state index >= 15 is 0 Å². The van der Waals surface area contributed by atoms with Gasteiger partial charge >= 0.3 is 0 Å². The molecule has 0 unspecified atom stereocenters. The summed E-state index contributed by atoms with van der Waals surface area (Å²) in [6.07, 6.45) is 3.17.